The first kappa shape index (κ1) is 24.3. The van der Waals surface area contributed by atoms with Crippen LogP contribution in [0.1, 0.15) is 11.1 Å². The summed E-state index contributed by atoms with van der Waals surface area (Å²) in [6.45, 7) is 0.271. The third kappa shape index (κ3) is 5.29. The summed E-state index contributed by atoms with van der Waals surface area (Å²) in [6, 6.07) is 19.5. The lowest BCUT2D eigenvalue weighted by atomic mass is 10.1. The van der Waals surface area contributed by atoms with Crippen molar-refractivity contribution in [1.82, 2.24) is 5.32 Å². The van der Waals surface area contributed by atoms with Gasteiger partial charge in [0.2, 0.25) is 0 Å². The molecule has 0 aliphatic carbocycles. The molecule has 0 atom stereocenters. The van der Waals surface area contributed by atoms with E-state index < -0.39 is 11.8 Å². The summed E-state index contributed by atoms with van der Waals surface area (Å²) >= 11 is 11.2. The van der Waals surface area contributed by atoms with Gasteiger partial charge in [0, 0.05) is 16.7 Å². The molecule has 0 unspecified atom stereocenters. The van der Waals surface area contributed by atoms with Crippen LogP contribution in [-0.4, -0.2) is 31.1 Å². The van der Waals surface area contributed by atoms with Crippen molar-refractivity contribution in [3.8, 4) is 17.2 Å². The van der Waals surface area contributed by atoms with Crippen LogP contribution in [-0.2, 0) is 16.2 Å². The highest BCUT2D eigenvalue weighted by molar-refractivity contribution is 7.80. The van der Waals surface area contributed by atoms with E-state index in [9.17, 15) is 9.59 Å². The first-order chi connectivity index (χ1) is 16.9. The number of thiocarbonyl (C=S) groups is 1. The Morgan fingerprint density at radius 2 is 1.60 bits per heavy atom. The van der Waals surface area contributed by atoms with E-state index >= 15 is 0 Å². The van der Waals surface area contributed by atoms with Gasteiger partial charge in [-0.25, -0.2) is 0 Å². The van der Waals surface area contributed by atoms with Crippen LogP contribution >= 0.6 is 23.8 Å². The highest BCUT2D eigenvalue weighted by Crippen LogP contribution is 2.37. The van der Waals surface area contributed by atoms with Crippen molar-refractivity contribution in [1.29, 1.82) is 0 Å². The molecule has 1 N–H and O–H groups in total. The minimum absolute atomic E-state index is 0.0210. The molecule has 9 heteroatoms. The van der Waals surface area contributed by atoms with E-state index in [-0.39, 0.29) is 17.3 Å². The predicted molar refractivity (Wildman–Crippen MR) is 138 cm³/mol. The van der Waals surface area contributed by atoms with Crippen LogP contribution in [0.4, 0.5) is 5.69 Å². The standard InChI is InChI=1S/C26H21ClN2O5S/c1-32-22-13-17(21(14-23(22)33-2)34-15-16-6-4-3-5-7-16)12-20-24(30)28-26(35)29(25(20)31)19-10-8-18(27)9-11-19/h3-14H,15H2,1-2H3,(H,28,30,35)/b20-12-. The van der Waals surface area contributed by atoms with Crippen molar-refractivity contribution in [3.63, 3.8) is 0 Å². The Bertz CT molecular complexity index is 1310. The van der Waals surface area contributed by atoms with Gasteiger partial charge in [-0.15, -0.1) is 0 Å². The maximum Gasteiger partial charge on any atom is 0.270 e. The zero-order chi connectivity index (χ0) is 24.9. The van der Waals surface area contributed by atoms with Crippen LogP contribution in [0.15, 0.2) is 72.3 Å². The molecule has 1 fully saturated rings. The van der Waals surface area contributed by atoms with Crippen LogP contribution in [0.5, 0.6) is 17.2 Å². The van der Waals surface area contributed by atoms with Gasteiger partial charge < -0.3 is 14.2 Å². The molecule has 35 heavy (non-hydrogen) atoms. The molecule has 1 heterocycles. The molecule has 0 spiro atoms. The minimum Gasteiger partial charge on any atom is -0.493 e. The van der Waals surface area contributed by atoms with Crippen LogP contribution in [0.2, 0.25) is 5.02 Å². The Kier molecular flexibility index (Phi) is 7.33. The largest absolute Gasteiger partial charge is 0.493 e. The third-order valence-corrected chi connectivity index (χ3v) is 5.78. The van der Waals surface area contributed by atoms with E-state index in [0.29, 0.717) is 33.5 Å². The van der Waals surface area contributed by atoms with Crippen molar-refractivity contribution >= 4 is 52.5 Å². The molecule has 4 rings (SSSR count). The third-order valence-electron chi connectivity index (χ3n) is 5.24. The highest BCUT2D eigenvalue weighted by Gasteiger charge is 2.34. The molecule has 3 aromatic rings. The number of rotatable bonds is 7. The molecule has 0 aromatic heterocycles. The van der Waals surface area contributed by atoms with E-state index in [1.165, 1.54) is 25.2 Å². The number of carbonyl (C=O) groups excluding carboxylic acids is 2. The first-order valence-corrected chi connectivity index (χ1v) is 11.3. The first-order valence-electron chi connectivity index (χ1n) is 10.5. The molecular formula is C26H21ClN2O5S. The molecule has 0 bridgehead atoms. The average molecular weight is 509 g/mol. The van der Waals surface area contributed by atoms with Crippen LogP contribution in [0.3, 0.4) is 0 Å². The summed E-state index contributed by atoms with van der Waals surface area (Å²) in [7, 11) is 3.01. The number of amides is 2. The highest BCUT2D eigenvalue weighted by atomic mass is 35.5. The predicted octanol–water partition coefficient (Wildman–Crippen LogP) is 4.77. The fraction of sp³-hybridized carbons (Fsp3) is 0.115. The maximum absolute atomic E-state index is 13.4. The Labute approximate surface area is 212 Å². The van der Waals surface area contributed by atoms with Gasteiger partial charge in [0.05, 0.1) is 19.9 Å². The summed E-state index contributed by atoms with van der Waals surface area (Å²) in [6.07, 6.45) is 1.45. The summed E-state index contributed by atoms with van der Waals surface area (Å²) in [4.78, 5) is 27.4. The monoisotopic (exact) mass is 508 g/mol. The Morgan fingerprint density at radius 1 is 0.943 bits per heavy atom. The normalized spacial score (nSPS) is 14.7. The Hall–Kier alpha value is -3.88. The fourth-order valence-corrected chi connectivity index (χ4v) is 3.89. The van der Waals surface area contributed by atoms with Gasteiger partial charge in [-0.05, 0) is 54.2 Å². The fourth-order valence-electron chi connectivity index (χ4n) is 3.49. The summed E-state index contributed by atoms with van der Waals surface area (Å²) in [5, 5.41) is 3.06. The summed E-state index contributed by atoms with van der Waals surface area (Å²) in [5.74, 6) is 0.0749. The number of nitrogens with zero attached hydrogens (tertiary/aromatic N) is 1. The topological polar surface area (TPSA) is 77.1 Å². The number of hydrogen-bond donors (Lipinski definition) is 1. The van der Waals surface area contributed by atoms with Crippen molar-refractivity contribution in [3.05, 3.63) is 88.5 Å². The van der Waals surface area contributed by atoms with Gasteiger partial charge >= 0.3 is 0 Å². The van der Waals surface area contributed by atoms with Gasteiger partial charge in [0.15, 0.2) is 16.6 Å². The van der Waals surface area contributed by atoms with Gasteiger partial charge in [-0.2, -0.15) is 0 Å². The Balaban J connectivity index is 1.75. The molecular weight excluding hydrogens is 488 g/mol. The van der Waals surface area contributed by atoms with Gasteiger partial charge in [-0.1, -0.05) is 41.9 Å². The molecule has 0 radical (unpaired) electrons. The quantitative estimate of drug-likeness (QED) is 0.281. The van der Waals surface area contributed by atoms with E-state index in [4.69, 9.17) is 38.0 Å². The number of carbonyl (C=O) groups is 2. The second kappa shape index (κ2) is 10.6. The van der Waals surface area contributed by atoms with Gasteiger partial charge in [0.1, 0.15) is 17.9 Å². The van der Waals surface area contributed by atoms with Crippen molar-refractivity contribution < 1.29 is 23.8 Å². The molecule has 3 aromatic carbocycles. The second-order valence-corrected chi connectivity index (χ2v) is 8.28. The maximum atomic E-state index is 13.4. The molecule has 1 saturated heterocycles. The van der Waals surface area contributed by atoms with Crippen molar-refractivity contribution in [2.75, 3.05) is 19.1 Å². The number of ether oxygens (including phenoxy) is 3. The van der Waals surface area contributed by atoms with Crippen molar-refractivity contribution in [2.45, 2.75) is 6.61 Å². The number of halogens is 1. The zero-order valence-corrected chi connectivity index (χ0v) is 20.5. The summed E-state index contributed by atoms with van der Waals surface area (Å²) < 4.78 is 16.9. The average Bonchev–Trinajstić information content (AvgIpc) is 2.86. The molecule has 7 nitrogen and oxygen atoms in total. The van der Waals surface area contributed by atoms with E-state index in [0.717, 1.165) is 5.56 Å². The minimum atomic E-state index is -0.617. The lowest BCUT2D eigenvalue weighted by Gasteiger charge is -2.29. The van der Waals surface area contributed by atoms with Gasteiger partial charge in [-0.3, -0.25) is 19.8 Å². The Morgan fingerprint density at radius 3 is 2.26 bits per heavy atom. The molecule has 0 saturated carbocycles. The van der Waals surface area contributed by atoms with E-state index in [2.05, 4.69) is 5.32 Å². The van der Waals surface area contributed by atoms with Crippen LogP contribution in [0, 0.1) is 0 Å². The number of methoxy groups -OCH3 is 2. The van der Waals surface area contributed by atoms with Gasteiger partial charge in [0.25, 0.3) is 11.8 Å². The second-order valence-electron chi connectivity index (χ2n) is 7.45. The van der Waals surface area contributed by atoms with Crippen molar-refractivity contribution in [2.24, 2.45) is 0 Å². The molecule has 1 aliphatic rings. The SMILES string of the molecule is COc1cc(/C=C2/C(=O)NC(=S)N(c3ccc(Cl)cc3)C2=O)c(OCc2ccccc2)cc1OC. The molecule has 1 aliphatic heterocycles. The van der Waals surface area contributed by atoms with Crippen LogP contribution < -0.4 is 24.4 Å². The lowest BCUT2D eigenvalue weighted by Crippen LogP contribution is -2.54. The van der Waals surface area contributed by atoms with Crippen LogP contribution in [0.25, 0.3) is 6.08 Å². The number of benzene rings is 3. The molecule has 2 amide bonds. The number of hydrogen-bond acceptors (Lipinski definition) is 6. The number of nitrogens with one attached hydrogen (secondary N) is 1. The van der Waals surface area contributed by atoms with E-state index in [1.54, 1.807) is 36.4 Å². The smallest absolute Gasteiger partial charge is 0.270 e. The lowest BCUT2D eigenvalue weighted by molar-refractivity contribution is -0.122. The number of anilines is 1. The molecule has 178 valence electrons. The van der Waals surface area contributed by atoms with E-state index in [1.807, 2.05) is 30.3 Å². The summed E-state index contributed by atoms with van der Waals surface area (Å²) in [5.41, 5.74) is 1.76. The zero-order valence-electron chi connectivity index (χ0n) is 18.9.